The summed E-state index contributed by atoms with van der Waals surface area (Å²) in [4.78, 5) is 0. The SMILES string of the molecule is CCC(NCCCOCCOC)c1ccc(Cl)cc1Cl. The first-order chi connectivity index (χ1) is 9.69. The summed E-state index contributed by atoms with van der Waals surface area (Å²) >= 11 is 12.2. The lowest BCUT2D eigenvalue weighted by atomic mass is 10.0. The predicted molar refractivity (Wildman–Crippen MR) is 84.8 cm³/mol. The van der Waals surface area contributed by atoms with Crippen molar-refractivity contribution in [3.05, 3.63) is 33.8 Å². The van der Waals surface area contributed by atoms with Crippen LogP contribution < -0.4 is 5.32 Å². The molecule has 1 aromatic carbocycles. The molecule has 0 aliphatic carbocycles. The van der Waals surface area contributed by atoms with Crippen LogP contribution in [0.3, 0.4) is 0 Å². The lowest BCUT2D eigenvalue weighted by Crippen LogP contribution is -2.23. The molecule has 1 atom stereocenters. The molecular formula is C15H23Cl2NO2. The van der Waals surface area contributed by atoms with E-state index in [4.69, 9.17) is 32.7 Å². The Kier molecular flexibility index (Phi) is 9.23. The van der Waals surface area contributed by atoms with Crippen molar-refractivity contribution in [3.8, 4) is 0 Å². The van der Waals surface area contributed by atoms with Gasteiger partial charge < -0.3 is 14.8 Å². The Hall–Kier alpha value is -0.320. The van der Waals surface area contributed by atoms with Crippen LogP contribution in [0.2, 0.25) is 10.0 Å². The van der Waals surface area contributed by atoms with Crippen LogP contribution in [0.5, 0.6) is 0 Å². The number of benzene rings is 1. The third-order valence-corrected chi connectivity index (χ3v) is 3.60. The number of methoxy groups -OCH3 is 1. The topological polar surface area (TPSA) is 30.5 Å². The quantitative estimate of drug-likeness (QED) is 0.659. The lowest BCUT2D eigenvalue weighted by molar-refractivity contribution is 0.0692. The van der Waals surface area contributed by atoms with Gasteiger partial charge >= 0.3 is 0 Å². The van der Waals surface area contributed by atoms with Crippen LogP contribution >= 0.6 is 23.2 Å². The lowest BCUT2D eigenvalue weighted by Gasteiger charge is -2.19. The van der Waals surface area contributed by atoms with Gasteiger partial charge in [-0.2, -0.15) is 0 Å². The molecule has 1 rings (SSSR count). The molecule has 0 fully saturated rings. The zero-order valence-electron chi connectivity index (χ0n) is 12.1. The highest BCUT2D eigenvalue weighted by molar-refractivity contribution is 6.35. The second-order valence-electron chi connectivity index (χ2n) is 4.54. The number of hydrogen-bond donors (Lipinski definition) is 1. The number of ether oxygens (including phenoxy) is 2. The van der Waals surface area contributed by atoms with E-state index < -0.39 is 0 Å². The fourth-order valence-electron chi connectivity index (χ4n) is 1.95. The molecule has 1 aromatic rings. The highest BCUT2D eigenvalue weighted by Gasteiger charge is 2.12. The third-order valence-electron chi connectivity index (χ3n) is 3.03. The summed E-state index contributed by atoms with van der Waals surface area (Å²) in [6, 6.07) is 5.90. The molecule has 0 radical (unpaired) electrons. The van der Waals surface area contributed by atoms with E-state index in [-0.39, 0.29) is 6.04 Å². The second kappa shape index (κ2) is 10.4. The largest absolute Gasteiger partial charge is 0.382 e. The van der Waals surface area contributed by atoms with Gasteiger partial charge in [0.15, 0.2) is 0 Å². The average Bonchev–Trinajstić information content (AvgIpc) is 2.43. The molecule has 5 heteroatoms. The molecule has 0 heterocycles. The zero-order valence-corrected chi connectivity index (χ0v) is 13.6. The molecule has 114 valence electrons. The first-order valence-corrected chi connectivity index (χ1v) is 7.69. The normalized spacial score (nSPS) is 12.6. The summed E-state index contributed by atoms with van der Waals surface area (Å²) in [5, 5.41) is 4.88. The summed E-state index contributed by atoms with van der Waals surface area (Å²) in [5.41, 5.74) is 1.10. The molecule has 3 nitrogen and oxygen atoms in total. The molecule has 0 spiro atoms. The number of hydrogen-bond acceptors (Lipinski definition) is 3. The predicted octanol–water partition coefficient (Wildman–Crippen LogP) is 4.09. The smallest absolute Gasteiger partial charge is 0.0700 e. The minimum Gasteiger partial charge on any atom is -0.382 e. The summed E-state index contributed by atoms with van der Waals surface area (Å²) < 4.78 is 10.3. The molecule has 0 aliphatic heterocycles. The van der Waals surface area contributed by atoms with E-state index in [1.807, 2.05) is 12.1 Å². The molecule has 20 heavy (non-hydrogen) atoms. The molecule has 1 N–H and O–H groups in total. The van der Waals surface area contributed by atoms with E-state index in [0.717, 1.165) is 31.6 Å². The van der Waals surface area contributed by atoms with Gasteiger partial charge in [0.25, 0.3) is 0 Å². The summed E-state index contributed by atoms with van der Waals surface area (Å²) in [6.07, 6.45) is 1.94. The maximum atomic E-state index is 6.24. The highest BCUT2D eigenvalue weighted by Crippen LogP contribution is 2.27. The van der Waals surface area contributed by atoms with Crippen LogP contribution in [0.1, 0.15) is 31.4 Å². The van der Waals surface area contributed by atoms with Crippen LogP contribution in [0.15, 0.2) is 18.2 Å². The van der Waals surface area contributed by atoms with Crippen LogP contribution in [0.4, 0.5) is 0 Å². The Balaban J connectivity index is 2.32. The van der Waals surface area contributed by atoms with Gasteiger partial charge in [0, 0.05) is 29.8 Å². The van der Waals surface area contributed by atoms with Gasteiger partial charge in [0.2, 0.25) is 0 Å². The highest BCUT2D eigenvalue weighted by atomic mass is 35.5. The van der Waals surface area contributed by atoms with Gasteiger partial charge in [-0.05, 0) is 37.1 Å². The zero-order chi connectivity index (χ0) is 14.8. The second-order valence-corrected chi connectivity index (χ2v) is 5.38. The van der Waals surface area contributed by atoms with Crippen LogP contribution in [-0.2, 0) is 9.47 Å². The molecule has 0 aliphatic rings. The van der Waals surface area contributed by atoms with Crippen molar-refractivity contribution in [2.75, 3.05) is 33.5 Å². The van der Waals surface area contributed by atoms with Crippen LogP contribution in [-0.4, -0.2) is 33.5 Å². The van der Waals surface area contributed by atoms with Crippen molar-refractivity contribution in [1.82, 2.24) is 5.32 Å². The van der Waals surface area contributed by atoms with E-state index in [1.54, 1.807) is 13.2 Å². The number of rotatable bonds is 10. The maximum Gasteiger partial charge on any atom is 0.0700 e. The van der Waals surface area contributed by atoms with Crippen LogP contribution in [0.25, 0.3) is 0 Å². The van der Waals surface area contributed by atoms with Crippen molar-refractivity contribution >= 4 is 23.2 Å². The van der Waals surface area contributed by atoms with E-state index >= 15 is 0 Å². The van der Waals surface area contributed by atoms with Crippen molar-refractivity contribution in [3.63, 3.8) is 0 Å². The minimum atomic E-state index is 0.249. The van der Waals surface area contributed by atoms with Gasteiger partial charge in [0.05, 0.1) is 13.2 Å². The van der Waals surface area contributed by atoms with Gasteiger partial charge in [-0.3, -0.25) is 0 Å². The first-order valence-electron chi connectivity index (χ1n) is 6.94. The van der Waals surface area contributed by atoms with Crippen molar-refractivity contribution in [2.24, 2.45) is 0 Å². The molecule has 0 saturated carbocycles. The Morgan fingerprint density at radius 2 is 2.00 bits per heavy atom. The summed E-state index contributed by atoms with van der Waals surface area (Å²) in [7, 11) is 1.67. The minimum absolute atomic E-state index is 0.249. The number of nitrogens with one attached hydrogen (secondary N) is 1. The first kappa shape index (κ1) is 17.7. The third kappa shape index (κ3) is 6.42. The Morgan fingerprint density at radius 1 is 1.20 bits per heavy atom. The van der Waals surface area contributed by atoms with E-state index in [1.165, 1.54) is 0 Å². The molecule has 1 unspecified atom stereocenters. The van der Waals surface area contributed by atoms with E-state index in [0.29, 0.717) is 23.3 Å². The fraction of sp³-hybridized carbons (Fsp3) is 0.600. The Bertz CT molecular complexity index is 388. The fourth-order valence-corrected chi connectivity index (χ4v) is 2.49. The summed E-state index contributed by atoms with van der Waals surface area (Å²) in [6.45, 7) is 5.06. The molecule has 0 saturated heterocycles. The van der Waals surface area contributed by atoms with Crippen molar-refractivity contribution in [1.29, 1.82) is 0 Å². The van der Waals surface area contributed by atoms with E-state index in [9.17, 15) is 0 Å². The van der Waals surface area contributed by atoms with E-state index in [2.05, 4.69) is 12.2 Å². The van der Waals surface area contributed by atoms with Gasteiger partial charge in [-0.15, -0.1) is 0 Å². The Labute approximate surface area is 131 Å². The summed E-state index contributed by atoms with van der Waals surface area (Å²) in [5.74, 6) is 0. The van der Waals surface area contributed by atoms with Crippen molar-refractivity contribution in [2.45, 2.75) is 25.8 Å². The van der Waals surface area contributed by atoms with Crippen molar-refractivity contribution < 1.29 is 9.47 Å². The molecule has 0 aromatic heterocycles. The monoisotopic (exact) mass is 319 g/mol. The molecule has 0 amide bonds. The maximum absolute atomic E-state index is 6.24. The number of halogens is 2. The van der Waals surface area contributed by atoms with Gasteiger partial charge in [-0.1, -0.05) is 36.2 Å². The van der Waals surface area contributed by atoms with Gasteiger partial charge in [0.1, 0.15) is 0 Å². The average molecular weight is 320 g/mol. The van der Waals surface area contributed by atoms with Gasteiger partial charge in [-0.25, -0.2) is 0 Å². The Morgan fingerprint density at radius 3 is 2.65 bits per heavy atom. The van der Waals surface area contributed by atoms with Crippen LogP contribution in [0, 0.1) is 0 Å². The molecular weight excluding hydrogens is 297 g/mol. The standard InChI is InChI=1S/C15H23Cl2NO2/c1-3-15(13-6-5-12(16)11-14(13)17)18-7-4-8-20-10-9-19-2/h5-6,11,15,18H,3-4,7-10H2,1-2H3. The molecule has 0 bridgehead atoms.